The van der Waals surface area contributed by atoms with Crippen LogP contribution < -0.4 is 0 Å². The third kappa shape index (κ3) is 3.05. The first kappa shape index (κ1) is 14.3. The maximum atomic E-state index is 12.9. The van der Waals surface area contributed by atoms with Crippen LogP contribution >= 0.6 is 11.8 Å². The molecule has 0 spiro atoms. The Morgan fingerprint density at radius 1 is 1.50 bits per heavy atom. The van der Waals surface area contributed by atoms with E-state index in [0.717, 1.165) is 17.8 Å². The molecular weight excluding hydrogens is 285 g/mol. The van der Waals surface area contributed by atoms with E-state index in [1.807, 2.05) is 0 Å². The van der Waals surface area contributed by atoms with Gasteiger partial charge in [0.15, 0.2) is 0 Å². The average Bonchev–Trinajstić information content (AvgIpc) is 2.83. The van der Waals surface area contributed by atoms with E-state index in [1.165, 1.54) is 31.4 Å². The van der Waals surface area contributed by atoms with E-state index in [9.17, 15) is 19.3 Å². The van der Waals surface area contributed by atoms with E-state index in [4.69, 9.17) is 0 Å². The van der Waals surface area contributed by atoms with Crippen LogP contribution in [-0.4, -0.2) is 23.3 Å². The summed E-state index contributed by atoms with van der Waals surface area (Å²) < 4.78 is 17.4. The fourth-order valence-corrected chi connectivity index (χ4v) is 2.73. The molecule has 0 saturated carbocycles. The molecule has 0 N–H and O–H groups in total. The summed E-state index contributed by atoms with van der Waals surface area (Å²) in [6, 6.07) is 4.07. The molecule has 0 fully saturated rings. The Kier molecular flexibility index (Phi) is 4.19. The molecule has 1 aliphatic carbocycles. The van der Waals surface area contributed by atoms with E-state index in [0.29, 0.717) is 4.90 Å². The Labute approximate surface area is 118 Å². The minimum atomic E-state index is -0.642. The molecule has 0 aromatic heterocycles. The number of nitro benzene ring substituents is 1. The molecule has 1 aromatic rings. The fraction of sp³-hybridized carbons (Fsp3) is 0.154. The lowest BCUT2D eigenvalue weighted by atomic mass is 10.2. The summed E-state index contributed by atoms with van der Waals surface area (Å²) >= 11 is 1.14. The van der Waals surface area contributed by atoms with E-state index < -0.39 is 10.9 Å². The van der Waals surface area contributed by atoms with Crippen LogP contribution in [0.4, 0.5) is 10.1 Å². The Balaban J connectivity index is 2.31. The van der Waals surface area contributed by atoms with Crippen molar-refractivity contribution < 1.29 is 18.8 Å². The molecule has 104 valence electrons. The topological polar surface area (TPSA) is 69.4 Å². The zero-order valence-corrected chi connectivity index (χ0v) is 11.2. The minimum absolute atomic E-state index is 0.104. The highest BCUT2D eigenvalue weighted by Crippen LogP contribution is 2.36. The van der Waals surface area contributed by atoms with Gasteiger partial charge in [-0.15, -0.1) is 11.8 Å². The van der Waals surface area contributed by atoms with Crippen LogP contribution in [0.15, 0.2) is 47.1 Å². The monoisotopic (exact) mass is 295 g/mol. The number of thioether (sulfide) groups is 1. The number of benzene rings is 1. The van der Waals surface area contributed by atoms with E-state index >= 15 is 0 Å². The van der Waals surface area contributed by atoms with E-state index in [2.05, 4.69) is 4.74 Å². The average molecular weight is 295 g/mol. The van der Waals surface area contributed by atoms with Gasteiger partial charge in [-0.1, -0.05) is 6.08 Å². The maximum Gasteiger partial charge on any atom is 0.338 e. The van der Waals surface area contributed by atoms with Crippen LogP contribution in [0.2, 0.25) is 0 Å². The summed E-state index contributed by atoms with van der Waals surface area (Å²) in [6.07, 6.45) is 4.28. The highest BCUT2D eigenvalue weighted by molar-refractivity contribution is 8.00. The highest BCUT2D eigenvalue weighted by Gasteiger charge is 2.21. The van der Waals surface area contributed by atoms with Crippen molar-refractivity contribution in [3.05, 3.63) is 57.9 Å². The molecule has 1 aromatic carbocycles. The van der Waals surface area contributed by atoms with Crippen molar-refractivity contribution >= 4 is 23.4 Å². The Bertz CT molecular complexity index is 627. The van der Waals surface area contributed by atoms with Gasteiger partial charge in [0.05, 0.1) is 22.5 Å². The van der Waals surface area contributed by atoms with Gasteiger partial charge in [-0.05, 0) is 24.3 Å². The second-order valence-electron chi connectivity index (χ2n) is 3.92. The van der Waals surface area contributed by atoms with Crippen molar-refractivity contribution in [2.75, 3.05) is 7.11 Å². The summed E-state index contributed by atoms with van der Waals surface area (Å²) in [6.45, 7) is 0. The summed E-state index contributed by atoms with van der Waals surface area (Å²) in [5.74, 6) is -1.01. The number of hydrogen-bond donors (Lipinski definition) is 0. The van der Waals surface area contributed by atoms with Crippen LogP contribution in [0, 0.1) is 10.1 Å². The van der Waals surface area contributed by atoms with Crippen LogP contribution in [0.5, 0.6) is 0 Å². The first-order valence-electron chi connectivity index (χ1n) is 5.60. The number of halogens is 1. The largest absolute Gasteiger partial charge is 0.465 e. The lowest BCUT2D eigenvalue weighted by molar-refractivity contribution is -0.387. The van der Waals surface area contributed by atoms with E-state index in [1.54, 1.807) is 6.08 Å². The maximum absolute atomic E-state index is 12.9. The first-order valence-corrected chi connectivity index (χ1v) is 6.48. The molecule has 0 radical (unpaired) electrons. The number of allylic oxidation sites excluding steroid dienone is 2. The van der Waals surface area contributed by atoms with Gasteiger partial charge in [-0.25, -0.2) is 9.18 Å². The van der Waals surface area contributed by atoms with Gasteiger partial charge in [0.1, 0.15) is 5.83 Å². The predicted octanol–water partition coefficient (Wildman–Crippen LogP) is 3.27. The number of carbonyl (C=O) groups excluding carboxylic acids is 1. The number of nitro groups is 1. The lowest BCUT2D eigenvalue weighted by Gasteiger charge is -2.07. The molecule has 1 aliphatic rings. The molecule has 0 bridgehead atoms. The summed E-state index contributed by atoms with van der Waals surface area (Å²) in [5, 5.41) is 10.8. The smallest absolute Gasteiger partial charge is 0.338 e. The molecule has 5 nitrogen and oxygen atoms in total. The highest BCUT2D eigenvalue weighted by atomic mass is 32.2. The Morgan fingerprint density at radius 3 is 2.80 bits per heavy atom. The van der Waals surface area contributed by atoms with Gasteiger partial charge in [0.2, 0.25) is 0 Å². The molecule has 0 heterocycles. The Hall–Kier alpha value is -2.15. The molecule has 0 saturated heterocycles. The van der Waals surface area contributed by atoms with Crippen LogP contribution in [0.3, 0.4) is 0 Å². The van der Waals surface area contributed by atoms with Crippen molar-refractivity contribution in [2.24, 2.45) is 0 Å². The molecule has 20 heavy (non-hydrogen) atoms. The summed E-state index contributed by atoms with van der Waals surface area (Å²) in [5.41, 5.74) is -0.0979. The van der Waals surface area contributed by atoms with Gasteiger partial charge in [0.25, 0.3) is 5.69 Å². The van der Waals surface area contributed by atoms with Crippen molar-refractivity contribution in [2.45, 2.75) is 10.1 Å². The van der Waals surface area contributed by atoms with Crippen molar-refractivity contribution in [3.63, 3.8) is 0 Å². The zero-order chi connectivity index (χ0) is 14.7. The number of carbonyl (C=O) groups is 1. The standard InChI is InChI=1S/C13H10FNO4S/c1-19-13(16)8-2-5-12(11(6-8)15(17)18)20-10-4-3-9(14)7-10/h2-7,10H,1H3. The van der Waals surface area contributed by atoms with Crippen molar-refractivity contribution in [3.8, 4) is 0 Å². The third-order valence-corrected chi connectivity index (χ3v) is 3.77. The van der Waals surface area contributed by atoms with Crippen LogP contribution in [-0.2, 0) is 4.74 Å². The molecule has 1 atom stereocenters. The van der Waals surface area contributed by atoms with Gasteiger partial charge in [-0.2, -0.15) is 0 Å². The molecular formula is C13H10FNO4S. The minimum Gasteiger partial charge on any atom is -0.465 e. The molecule has 0 amide bonds. The fourth-order valence-electron chi connectivity index (χ4n) is 1.68. The molecule has 0 aliphatic heterocycles. The van der Waals surface area contributed by atoms with Crippen LogP contribution in [0.25, 0.3) is 0 Å². The number of ether oxygens (including phenoxy) is 1. The quantitative estimate of drug-likeness (QED) is 0.484. The summed E-state index contributed by atoms with van der Waals surface area (Å²) in [4.78, 5) is 22.2. The number of nitrogens with zero attached hydrogens (tertiary/aromatic N) is 1. The van der Waals surface area contributed by atoms with Crippen LogP contribution in [0.1, 0.15) is 10.4 Å². The predicted molar refractivity (Wildman–Crippen MR) is 72.4 cm³/mol. The van der Waals surface area contributed by atoms with Gasteiger partial charge < -0.3 is 4.74 Å². The van der Waals surface area contributed by atoms with Gasteiger partial charge in [0, 0.05) is 11.3 Å². The summed E-state index contributed by atoms with van der Waals surface area (Å²) in [7, 11) is 1.20. The van der Waals surface area contributed by atoms with Crippen molar-refractivity contribution in [1.82, 2.24) is 0 Å². The van der Waals surface area contributed by atoms with Crippen molar-refractivity contribution in [1.29, 1.82) is 0 Å². The van der Waals surface area contributed by atoms with E-state index in [-0.39, 0.29) is 22.3 Å². The first-order chi connectivity index (χ1) is 9.51. The molecule has 1 unspecified atom stereocenters. The zero-order valence-electron chi connectivity index (χ0n) is 10.4. The number of esters is 1. The Morgan fingerprint density at radius 2 is 2.25 bits per heavy atom. The number of rotatable bonds is 4. The van der Waals surface area contributed by atoms with Gasteiger partial charge in [-0.3, -0.25) is 10.1 Å². The third-order valence-electron chi connectivity index (χ3n) is 2.61. The SMILES string of the molecule is COC(=O)c1ccc(SC2C=CC(F)=C2)c([N+](=O)[O-])c1. The lowest BCUT2D eigenvalue weighted by Crippen LogP contribution is -2.03. The molecule has 7 heteroatoms. The number of methoxy groups -OCH3 is 1. The normalized spacial score (nSPS) is 16.9. The second-order valence-corrected chi connectivity index (χ2v) is 5.14. The molecule has 2 rings (SSSR count). The second kappa shape index (κ2) is 5.87. The number of hydrogen-bond acceptors (Lipinski definition) is 5. The van der Waals surface area contributed by atoms with Gasteiger partial charge >= 0.3 is 5.97 Å².